The summed E-state index contributed by atoms with van der Waals surface area (Å²) >= 11 is 0. The first-order valence-corrected chi connectivity index (χ1v) is 11.5. The number of benzene rings is 1. The second-order valence-electron chi connectivity index (χ2n) is 9.81. The van der Waals surface area contributed by atoms with E-state index < -0.39 is 22.5 Å². The molecule has 3 amide bonds. The summed E-state index contributed by atoms with van der Waals surface area (Å²) in [5.41, 5.74) is 1.45. The smallest absolute Gasteiger partial charge is 0.410 e. The molecule has 12 heteroatoms. The minimum Gasteiger partial charge on any atom is -0.625 e. The molecule has 0 saturated carbocycles. The van der Waals surface area contributed by atoms with E-state index in [2.05, 4.69) is 20.7 Å². The Hall–Kier alpha value is -3.25. The molecule has 0 bridgehead atoms. The van der Waals surface area contributed by atoms with Crippen molar-refractivity contribution in [2.24, 2.45) is 5.92 Å². The molecule has 0 aliphatic carbocycles. The van der Waals surface area contributed by atoms with E-state index in [0.29, 0.717) is 42.7 Å². The highest BCUT2D eigenvalue weighted by Gasteiger charge is 2.41. The molecule has 2 fully saturated rings. The first-order chi connectivity index (χ1) is 16.1. The van der Waals surface area contributed by atoms with Gasteiger partial charge in [0.05, 0.1) is 0 Å². The van der Waals surface area contributed by atoms with E-state index in [9.17, 15) is 19.6 Å². The number of likely N-dealkylation sites (tertiary alicyclic amines) is 2. The van der Waals surface area contributed by atoms with Crippen molar-refractivity contribution in [3.05, 3.63) is 23.4 Å². The summed E-state index contributed by atoms with van der Waals surface area (Å²) in [4.78, 5) is 41.0. The minimum atomic E-state index is -0.635. The summed E-state index contributed by atoms with van der Waals surface area (Å²) in [6, 6.07) is 5.20. The van der Waals surface area contributed by atoms with Crippen LogP contribution >= 0.6 is 0 Å². The summed E-state index contributed by atoms with van der Waals surface area (Å²) in [6.45, 7) is 6.53. The van der Waals surface area contributed by atoms with Gasteiger partial charge in [0.2, 0.25) is 5.91 Å². The van der Waals surface area contributed by atoms with Gasteiger partial charge >= 0.3 is 12.0 Å². The summed E-state index contributed by atoms with van der Waals surface area (Å²) in [7, 11) is 0. The molecule has 2 unspecified atom stereocenters. The van der Waals surface area contributed by atoms with Crippen molar-refractivity contribution in [3.8, 4) is 0 Å². The van der Waals surface area contributed by atoms with Crippen molar-refractivity contribution in [3.63, 3.8) is 0 Å². The fourth-order valence-corrected chi connectivity index (χ4v) is 4.39. The van der Waals surface area contributed by atoms with Gasteiger partial charge in [0.25, 0.3) is 0 Å². The van der Waals surface area contributed by atoms with Gasteiger partial charge in [-0.3, -0.25) is 9.86 Å². The van der Waals surface area contributed by atoms with Crippen molar-refractivity contribution in [1.82, 2.24) is 25.2 Å². The van der Waals surface area contributed by atoms with Crippen molar-refractivity contribution in [2.45, 2.75) is 51.7 Å². The Kier molecular flexibility index (Phi) is 6.71. The number of carbonyl (C=O) groups excluding carboxylic acids is 3. The van der Waals surface area contributed by atoms with Crippen LogP contribution in [-0.4, -0.2) is 81.1 Å². The number of hydrogen-bond acceptors (Lipinski definition) is 8. The minimum absolute atomic E-state index is 0.0434. The number of carbonyl (C=O) groups is 3. The van der Waals surface area contributed by atoms with Crippen LogP contribution in [-0.2, 0) is 14.3 Å². The number of piperidine rings is 1. The summed E-state index contributed by atoms with van der Waals surface area (Å²) in [5.74, 6) is -1.29. The molecule has 2 saturated heterocycles. The SMILES string of the molecule is CC(C)(C)OC(=O)N1CCC(N2CC(C(=O)[NH+]([O-])CNc3ccc4n[nH]nc4c3)CC2=O)CC1. The lowest BCUT2D eigenvalue weighted by Crippen LogP contribution is -3.12. The Morgan fingerprint density at radius 3 is 2.65 bits per heavy atom. The molecule has 2 aliphatic heterocycles. The third kappa shape index (κ3) is 5.45. The Morgan fingerprint density at radius 1 is 1.24 bits per heavy atom. The largest absolute Gasteiger partial charge is 0.625 e. The number of ether oxygens (including phenoxy) is 1. The van der Waals surface area contributed by atoms with E-state index in [4.69, 9.17) is 4.74 Å². The summed E-state index contributed by atoms with van der Waals surface area (Å²) in [5, 5.41) is 25.4. The number of quaternary nitrogens is 1. The quantitative estimate of drug-likeness (QED) is 0.420. The van der Waals surface area contributed by atoms with Gasteiger partial charge in [-0.05, 0) is 51.8 Å². The van der Waals surface area contributed by atoms with Gasteiger partial charge in [0.1, 0.15) is 22.6 Å². The molecular weight excluding hydrogens is 442 g/mol. The maximum absolute atomic E-state index is 12.7. The normalized spacial score (nSPS) is 20.6. The van der Waals surface area contributed by atoms with Crippen LogP contribution in [0.15, 0.2) is 18.2 Å². The topological polar surface area (TPSA) is 148 Å². The summed E-state index contributed by atoms with van der Waals surface area (Å²) in [6.07, 6.45) is 0.923. The average molecular weight is 474 g/mol. The predicted octanol–water partition coefficient (Wildman–Crippen LogP) is 0.485. The molecular formula is C22H31N7O5. The number of rotatable bonds is 5. The first kappa shape index (κ1) is 23.9. The van der Waals surface area contributed by atoms with Crippen LogP contribution in [0.1, 0.15) is 40.0 Å². The van der Waals surface area contributed by atoms with E-state index in [1.807, 2.05) is 20.8 Å². The molecule has 4 rings (SSSR count). The number of amides is 3. The van der Waals surface area contributed by atoms with Crippen molar-refractivity contribution < 1.29 is 24.2 Å². The highest BCUT2D eigenvalue weighted by atomic mass is 16.6. The standard InChI is InChI=1S/C22H31N7O5/c1-22(2,3)34-21(32)27-8-6-16(7-9-27)28-12-14(10-19(28)30)20(31)29(33)13-23-15-4-5-17-18(11-15)25-26-24-17/h4-5,11,14,16,23,29H,6-10,12-13H2,1-3H3,(H,24,25,26). The van der Waals surface area contributed by atoms with Crippen LogP contribution in [0, 0.1) is 11.1 Å². The van der Waals surface area contributed by atoms with E-state index in [0.717, 1.165) is 0 Å². The number of anilines is 1. The Morgan fingerprint density at radius 2 is 1.94 bits per heavy atom. The second-order valence-corrected chi connectivity index (χ2v) is 9.81. The molecule has 0 spiro atoms. The molecule has 3 heterocycles. The molecule has 184 valence electrons. The number of aromatic nitrogens is 3. The van der Waals surface area contributed by atoms with Crippen LogP contribution in [0.5, 0.6) is 0 Å². The van der Waals surface area contributed by atoms with E-state index >= 15 is 0 Å². The second kappa shape index (κ2) is 9.55. The van der Waals surface area contributed by atoms with Crippen LogP contribution in [0.3, 0.4) is 0 Å². The molecule has 34 heavy (non-hydrogen) atoms. The number of H-pyrrole nitrogens is 1. The lowest BCUT2D eigenvalue weighted by Gasteiger charge is -2.37. The molecule has 0 radical (unpaired) electrons. The Bertz CT molecular complexity index is 1060. The fraction of sp³-hybridized carbons (Fsp3) is 0.591. The maximum Gasteiger partial charge on any atom is 0.410 e. The van der Waals surface area contributed by atoms with Crippen LogP contribution < -0.4 is 10.4 Å². The maximum atomic E-state index is 12.7. The number of fused-ring (bicyclic) bond motifs is 1. The zero-order valence-electron chi connectivity index (χ0n) is 19.7. The summed E-state index contributed by atoms with van der Waals surface area (Å²) < 4.78 is 5.42. The highest BCUT2D eigenvalue weighted by Crippen LogP contribution is 2.26. The number of aromatic amines is 1. The monoisotopic (exact) mass is 473 g/mol. The van der Waals surface area contributed by atoms with E-state index in [1.165, 1.54) is 0 Å². The Balaban J connectivity index is 1.26. The molecule has 3 N–H and O–H groups in total. The third-order valence-electron chi connectivity index (χ3n) is 6.13. The van der Waals surface area contributed by atoms with Gasteiger partial charge in [0.15, 0.2) is 6.67 Å². The molecule has 1 aromatic heterocycles. The van der Waals surface area contributed by atoms with Crippen LogP contribution in [0.2, 0.25) is 0 Å². The highest BCUT2D eigenvalue weighted by molar-refractivity contribution is 5.86. The fourth-order valence-electron chi connectivity index (χ4n) is 4.39. The Labute approximate surface area is 197 Å². The lowest BCUT2D eigenvalue weighted by atomic mass is 10.0. The van der Waals surface area contributed by atoms with Gasteiger partial charge in [0, 0.05) is 37.8 Å². The molecule has 2 atom stereocenters. The first-order valence-electron chi connectivity index (χ1n) is 11.5. The van der Waals surface area contributed by atoms with Gasteiger partial charge in [-0.25, -0.2) is 9.59 Å². The van der Waals surface area contributed by atoms with Crippen LogP contribution in [0.4, 0.5) is 10.5 Å². The zero-order valence-corrected chi connectivity index (χ0v) is 19.7. The lowest BCUT2D eigenvalue weighted by molar-refractivity contribution is -0.762. The zero-order chi connectivity index (χ0) is 24.5. The van der Waals surface area contributed by atoms with E-state index in [1.54, 1.807) is 28.0 Å². The third-order valence-corrected chi connectivity index (χ3v) is 6.13. The van der Waals surface area contributed by atoms with Crippen LogP contribution in [0.25, 0.3) is 11.0 Å². The number of hydroxylamine groups is 2. The van der Waals surface area contributed by atoms with Gasteiger partial charge < -0.3 is 25.1 Å². The van der Waals surface area contributed by atoms with Crippen molar-refractivity contribution >= 4 is 34.6 Å². The van der Waals surface area contributed by atoms with E-state index in [-0.39, 0.29) is 37.7 Å². The molecule has 1 aromatic carbocycles. The van der Waals surface area contributed by atoms with Gasteiger partial charge in [-0.2, -0.15) is 15.4 Å². The van der Waals surface area contributed by atoms with Gasteiger partial charge in [-0.1, -0.05) is 0 Å². The van der Waals surface area contributed by atoms with Crippen molar-refractivity contribution in [1.29, 1.82) is 0 Å². The number of hydrogen-bond donors (Lipinski definition) is 3. The number of nitrogens with one attached hydrogen (secondary N) is 3. The average Bonchev–Trinajstić information content (AvgIpc) is 3.42. The van der Waals surface area contributed by atoms with Crippen molar-refractivity contribution in [2.75, 3.05) is 31.6 Å². The van der Waals surface area contributed by atoms with Gasteiger partial charge in [-0.15, -0.1) is 0 Å². The molecule has 12 nitrogen and oxygen atoms in total. The number of nitrogens with zero attached hydrogens (tertiary/aromatic N) is 4. The molecule has 2 aromatic rings. The predicted molar refractivity (Wildman–Crippen MR) is 122 cm³/mol. The molecule has 2 aliphatic rings.